The SMILES string of the molecule is O=C(O)c1ccc(OCC2CCNCC2)c(F)c1. The average Bonchev–Trinajstić information content (AvgIpc) is 2.38. The van der Waals surface area contributed by atoms with Gasteiger partial charge in [-0.15, -0.1) is 0 Å². The largest absolute Gasteiger partial charge is 0.490 e. The van der Waals surface area contributed by atoms with Gasteiger partial charge in [0.1, 0.15) is 0 Å². The third-order valence-corrected chi connectivity index (χ3v) is 3.11. The summed E-state index contributed by atoms with van der Waals surface area (Å²) in [6.45, 7) is 2.41. The summed E-state index contributed by atoms with van der Waals surface area (Å²) in [5.74, 6) is -1.20. The highest BCUT2D eigenvalue weighted by Gasteiger charge is 2.15. The Kier molecular flexibility index (Phi) is 4.15. The van der Waals surface area contributed by atoms with Crippen molar-refractivity contribution in [2.75, 3.05) is 19.7 Å². The molecule has 18 heavy (non-hydrogen) atoms. The van der Waals surface area contributed by atoms with Crippen molar-refractivity contribution in [1.29, 1.82) is 0 Å². The number of benzene rings is 1. The van der Waals surface area contributed by atoms with E-state index in [0.717, 1.165) is 32.0 Å². The maximum atomic E-state index is 13.6. The van der Waals surface area contributed by atoms with Crippen molar-refractivity contribution in [3.8, 4) is 5.75 Å². The molecule has 0 aromatic heterocycles. The molecule has 1 heterocycles. The third kappa shape index (κ3) is 3.20. The second-order valence-electron chi connectivity index (χ2n) is 4.45. The van der Waals surface area contributed by atoms with Gasteiger partial charge >= 0.3 is 5.97 Å². The Hall–Kier alpha value is -1.62. The molecule has 0 unspecified atom stereocenters. The Morgan fingerprint density at radius 1 is 1.44 bits per heavy atom. The van der Waals surface area contributed by atoms with E-state index in [2.05, 4.69) is 5.32 Å². The van der Waals surface area contributed by atoms with Gasteiger partial charge in [0.2, 0.25) is 0 Å². The van der Waals surface area contributed by atoms with Crippen molar-refractivity contribution in [2.24, 2.45) is 5.92 Å². The molecule has 4 nitrogen and oxygen atoms in total. The summed E-state index contributed by atoms with van der Waals surface area (Å²) in [6, 6.07) is 3.71. The first-order valence-electron chi connectivity index (χ1n) is 6.03. The second-order valence-corrected chi connectivity index (χ2v) is 4.45. The van der Waals surface area contributed by atoms with Gasteiger partial charge in [-0.25, -0.2) is 9.18 Å². The minimum atomic E-state index is -1.14. The Morgan fingerprint density at radius 3 is 2.78 bits per heavy atom. The van der Waals surface area contributed by atoms with Crippen molar-refractivity contribution in [2.45, 2.75) is 12.8 Å². The number of halogens is 1. The number of carboxylic acids is 1. The number of carboxylic acid groups (broad SMARTS) is 1. The maximum absolute atomic E-state index is 13.6. The molecule has 5 heteroatoms. The zero-order valence-electron chi connectivity index (χ0n) is 9.99. The number of hydrogen-bond acceptors (Lipinski definition) is 3. The Morgan fingerprint density at radius 2 is 2.17 bits per heavy atom. The first-order valence-corrected chi connectivity index (χ1v) is 6.03. The van der Waals surface area contributed by atoms with E-state index >= 15 is 0 Å². The molecule has 0 spiro atoms. The van der Waals surface area contributed by atoms with E-state index < -0.39 is 11.8 Å². The molecule has 1 aliphatic rings. The van der Waals surface area contributed by atoms with Crippen molar-refractivity contribution in [3.63, 3.8) is 0 Å². The van der Waals surface area contributed by atoms with Gasteiger partial charge in [0.05, 0.1) is 12.2 Å². The van der Waals surface area contributed by atoms with Crippen molar-refractivity contribution < 1.29 is 19.0 Å². The monoisotopic (exact) mass is 253 g/mol. The van der Waals surface area contributed by atoms with E-state index in [0.29, 0.717) is 12.5 Å². The van der Waals surface area contributed by atoms with Gasteiger partial charge in [-0.3, -0.25) is 0 Å². The molecule has 0 saturated carbocycles. The fraction of sp³-hybridized carbons (Fsp3) is 0.462. The van der Waals surface area contributed by atoms with E-state index in [1.54, 1.807) is 0 Å². The van der Waals surface area contributed by atoms with E-state index in [9.17, 15) is 9.18 Å². The zero-order valence-corrected chi connectivity index (χ0v) is 9.99. The summed E-state index contributed by atoms with van der Waals surface area (Å²) >= 11 is 0. The Labute approximate surface area is 105 Å². The molecule has 1 saturated heterocycles. The van der Waals surface area contributed by atoms with Gasteiger partial charge in [0.25, 0.3) is 0 Å². The van der Waals surface area contributed by atoms with Crippen LogP contribution in [-0.4, -0.2) is 30.8 Å². The van der Waals surface area contributed by atoms with Crippen LogP contribution in [0.2, 0.25) is 0 Å². The smallest absolute Gasteiger partial charge is 0.335 e. The molecule has 2 N–H and O–H groups in total. The highest BCUT2D eigenvalue weighted by molar-refractivity contribution is 5.87. The molecule has 1 aromatic rings. The number of carbonyl (C=O) groups is 1. The minimum absolute atomic E-state index is 0.0679. The van der Waals surface area contributed by atoms with Gasteiger partial charge in [0, 0.05) is 0 Å². The van der Waals surface area contributed by atoms with Crippen LogP contribution in [0.1, 0.15) is 23.2 Å². The molecule has 98 valence electrons. The summed E-state index contributed by atoms with van der Waals surface area (Å²) in [7, 11) is 0. The summed E-state index contributed by atoms with van der Waals surface area (Å²) in [5, 5.41) is 12.0. The predicted molar refractivity (Wildman–Crippen MR) is 64.4 cm³/mol. The van der Waals surface area contributed by atoms with Crippen molar-refractivity contribution >= 4 is 5.97 Å². The fourth-order valence-electron chi connectivity index (χ4n) is 2.01. The molecule has 0 bridgehead atoms. The van der Waals surface area contributed by atoms with E-state index in [1.165, 1.54) is 12.1 Å². The molecule has 0 radical (unpaired) electrons. The lowest BCUT2D eigenvalue weighted by Crippen LogP contribution is -2.30. The molecular formula is C13H16FNO3. The average molecular weight is 253 g/mol. The topological polar surface area (TPSA) is 58.6 Å². The predicted octanol–water partition coefficient (Wildman–Crippen LogP) is 1.90. The third-order valence-electron chi connectivity index (χ3n) is 3.11. The quantitative estimate of drug-likeness (QED) is 0.860. The van der Waals surface area contributed by atoms with Gasteiger partial charge in [0.15, 0.2) is 11.6 Å². The Bertz CT molecular complexity index is 430. The molecule has 2 rings (SSSR count). The van der Waals surface area contributed by atoms with Crippen LogP contribution in [0.4, 0.5) is 4.39 Å². The van der Waals surface area contributed by atoms with Crippen LogP contribution in [0.25, 0.3) is 0 Å². The summed E-state index contributed by atoms with van der Waals surface area (Å²) in [6.07, 6.45) is 2.05. The molecule has 0 aliphatic carbocycles. The van der Waals surface area contributed by atoms with E-state index in [1.807, 2.05) is 0 Å². The van der Waals surface area contributed by atoms with Crippen LogP contribution in [0.15, 0.2) is 18.2 Å². The van der Waals surface area contributed by atoms with Crippen LogP contribution in [-0.2, 0) is 0 Å². The fourth-order valence-corrected chi connectivity index (χ4v) is 2.01. The first-order chi connectivity index (χ1) is 8.66. The van der Waals surface area contributed by atoms with E-state index in [4.69, 9.17) is 9.84 Å². The first kappa shape index (κ1) is 12.8. The van der Waals surface area contributed by atoms with Gasteiger partial charge in [-0.1, -0.05) is 0 Å². The molecule has 0 atom stereocenters. The number of piperidine rings is 1. The van der Waals surface area contributed by atoms with Gasteiger partial charge in [-0.2, -0.15) is 0 Å². The van der Waals surface area contributed by atoms with Crippen LogP contribution >= 0.6 is 0 Å². The number of aromatic carboxylic acids is 1. The minimum Gasteiger partial charge on any atom is -0.490 e. The summed E-state index contributed by atoms with van der Waals surface area (Å²) < 4.78 is 19.0. The highest BCUT2D eigenvalue weighted by atomic mass is 19.1. The van der Waals surface area contributed by atoms with Crippen LogP contribution in [0.5, 0.6) is 5.75 Å². The normalized spacial score (nSPS) is 16.5. The van der Waals surface area contributed by atoms with Crippen molar-refractivity contribution in [3.05, 3.63) is 29.6 Å². The lowest BCUT2D eigenvalue weighted by Gasteiger charge is -2.22. The lowest BCUT2D eigenvalue weighted by molar-refractivity contribution is 0.0696. The standard InChI is InChI=1S/C13H16FNO3/c14-11-7-10(13(16)17)1-2-12(11)18-8-9-3-5-15-6-4-9/h1-2,7,9,15H,3-6,8H2,(H,16,17). The van der Waals surface area contributed by atoms with E-state index in [-0.39, 0.29) is 11.3 Å². The van der Waals surface area contributed by atoms with Crippen molar-refractivity contribution in [1.82, 2.24) is 5.32 Å². The van der Waals surface area contributed by atoms with Gasteiger partial charge in [-0.05, 0) is 50.0 Å². The van der Waals surface area contributed by atoms with Crippen LogP contribution in [0.3, 0.4) is 0 Å². The molecule has 1 aliphatic heterocycles. The molecule has 0 amide bonds. The summed E-state index contributed by atoms with van der Waals surface area (Å²) in [4.78, 5) is 10.7. The number of ether oxygens (including phenoxy) is 1. The molecular weight excluding hydrogens is 237 g/mol. The number of rotatable bonds is 4. The molecule has 1 aromatic carbocycles. The van der Waals surface area contributed by atoms with Crippen LogP contribution in [0, 0.1) is 11.7 Å². The molecule has 1 fully saturated rings. The number of hydrogen-bond donors (Lipinski definition) is 2. The second kappa shape index (κ2) is 5.82. The lowest BCUT2D eigenvalue weighted by atomic mass is 9.99. The number of nitrogens with one attached hydrogen (secondary N) is 1. The Balaban J connectivity index is 1.94. The summed E-state index contributed by atoms with van der Waals surface area (Å²) in [5.41, 5.74) is -0.0679. The zero-order chi connectivity index (χ0) is 13.0. The van der Waals surface area contributed by atoms with Gasteiger partial charge < -0.3 is 15.2 Å². The maximum Gasteiger partial charge on any atom is 0.335 e. The highest BCUT2D eigenvalue weighted by Crippen LogP contribution is 2.20. The van der Waals surface area contributed by atoms with Crippen LogP contribution < -0.4 is 10.1 Å².